The molecular formula is C20H16N2O2S2. The van der Waals surface area contributed by atoms with Crippen LogP contribution in [0.2, 0.25) is 0 Å². The summed E-state index contributed by atoms with van der Waals surface area (Å²) in [6.07, 6.45) is 0. The summed E-state index contributed by atoms with van der Waals surface area (Å²) in [6.45, 7) is 0. The average molecular weight is 380 g/mol. The van der Waals surface area contributed by atoms with Crippen LogP contribution in [0.1, 0.15) is 10.9 Å². The van der Waals surface area contributed by atoms with E-state index in [9.17, 15) is 10.1 Å². The molecule has 0 bridgehead atoms. The summed E-state index contributed by atoms with van der Waals surface area (Å²) < 4.78 is 5.19. The molecule has 1 aromatic heterocycles. The molecule has 26 heavy (non-hydrogen) atoms. The van der Waals surface area contributed by atoms with E-state index < -0.39 is 5.92 Å². The van der Waals surface area contributed by atoms with Gasteiger partial charge < -0.3 is 4.74 Å². The van der Waals surface area contributed by atoms with Crippen molar-refractivity contribution in [3.63, 3.8) is 0 Å². The minimum absolute atomic E-state index is 0.144. The Kier molecular flexibility index (Phi) is 6.05. The number of ketones is 1. The molecule has 0 saturated heterocycles. The van der Waals surface area contributed by atoms with Gasteiger partial charge in [0, 0.05) is 15.8 Å². The van der Waals surface area contributed by atoms with Crippen molar-refractivity contribution >= 4 is 28.9 Å². The van der Waals surface area contributed by atoms with Gasteiger partial charge in [-0.2, -0.15) is 5.26 Å². The van der Waals surface area contributed by atoms with Crippen molar-refractivity contribution in [2.75, 3.05) is 12.9 Å². The predicted octanol–water partition coefficient (Wildman–Crippen LogP) is 4.79. The number of hydrogen-bond donors (Lipinski definition) is 0. The lowest BCUT2D eigenvalue weighted by Crippen LogP contribution is -2.13. The monoisotopic (exact) mass is 380 g/mol. The van der Waals surface area contributed by atoms with E-state index in [4.69, 9.17) is 4.74 Å². The molecule has 0 N–H and O–H groups in total. The van der Waals surface area contributed by atoms with Crippen LogP contribution < -0.4 is 4.74 Å². The topological polar surface area (TPSA) is 63.0 Å². The largest absolute Gasteiger partial charge is 0.497 e. The van der Waals surface area contributed by atoms with Crippen LogP contribution in [0.4, 0.5) is 0 Å². The van der Waals surface area contributed by atoms with Gasteiger partial charge in [-0.25, -0.2) is 4.98 Å². The number of benzene rings is 2. The molecule has 0 amide bonds. The van der Waals surface area contributed by atoms with E-state index in [1.54, 1.807) is 7.11 Å². The fourth-order valence-corrected chi connectivity index (χ4v) is 4.10. The zero-order valence-electron chi connectivity index (χ0n) is 14.1. The number of aromatic nitrogens is 1. The molecular weight excluding hydrogens is 364 g/mol. The summed E-state index contributed by atoms with van der Waals surface area (Å²) in [5, 5.41) is 11.9. The molecule has 3 rings (SSSR count). The van der Waals surface area contributed by atoms with Gasteiger partial charge in [0.2, 0.25) is 0 Å². The van der Waals surface area contributed by atoms with Gasteiger partial charge in [0.15, 0.2) is 11.7 Å². The molecule has 0 aliphatic carbocycles. The van der Waals surface area contributed by atoms with Gasteiger partial charge >= 0.3 is 0 Å². The van der Waals surface area contributed by atoms with Gasteiger partial charge in [-0.05, 0) is 18.2 Å². The van der Waals surface area contributed by atoms with Crippen molar-refractivity contribution in [3.8, 4) is 23.1 Å². The Morgan fingerprint density at radius 2 is 2.08 bits per heavy atom. The second-order valence-electron chi connectivity index (χ2n) is 5.43. The van der Waals surface area contributed by atoms with Crippen molar-refractivity contribution in [1.82, 2.24) is 4.98 Å². The standard InChI is InChI=1S/C20H16N2O2S2/c1-24-15-8-5-9-16(10-15)25-13-19(23)17(11-21)20-22-18(12-26-20)14-6-3-2-4-7-14/h2-10,12,17H,13H2,1H3. The Bertz CT molecular complexity index is 932. The first-order chi connectivity index (χ1) is 12.7. The van der Waals surface area contributed by atoms with Crippen molar-refractivity contribution in [1.29, 1.82) is 5.26 Å². The van der Waals surface area contributed by atoms with Crippen LogP contribution in [-0.4, -0.2) is 23.6 Å². The van der Waals surface area contributed by atoms with E-state index in [1.807, 2.05) is 60.0 Å². The Hall–Kier alpha value is -2.62. The third-order valence-electron chi connectivity index (χ3n) is 3.71. The molecule has 0 radical (unpaired) electrons. The molecule has 0 spiro atoms. The molecule has 0 saturated carbocycles. The highest BCUT2D eigenvalue weighted by Crippen LogP contribution is 2.29. The van der Waals surface area contributed by atoms with Crippen LogP contribution >= 0.6 is 23.1 Å². The molecule has 1 atom stereocenters. The number of carbonyl (C=O) groups excluding carboxylic acids is 1. The van der Waals surface area contributed by atoms with Gasteiger partial charge in [-0.15, -0.1) is 23.1 Å². The molecule has 4 nitrogen and oxygen atoms in total. The van der Waals surface area contributed by atoms with E-state index in [1.165, 1.54) is 23.1 Å². The summed E-state index contributed by atoms with van der Waals surface area (Å²) in [6, 6.07) is 19.3. The van der Waals surface area contributed by atoms with Gasteiger partial charge in [0.05, 0.1) is 24.6 Å². The SMILES string of the molecule is COc1cccc(SCC(=O)C(C#N)c2nc(-c3ccccc3)cs2)c1. The van der Waals surface area contributed by atoms with Crippen LogP contribution in [0.25, 0.3) is 11.3 Å². The fraction of sp³-hybridized carbons (Fsp3) is 0.150. The lowest BCUT2D eigenvalue weighted by molar-refractivity contribution is -0.116. The Balaban J connectivity index is 1.69. The van der Waals surface area contributed by atoms with Gasteiger partial charge in [-0.1, -0.05) is 36.4 Å². The van der Waals surface area contributed by atoms with Gasteiger partial charge in [0.25, 0.3) is 0 Å². The zero-order valence-corrected chi connectivity index (χ0v) is 15.7. The molecule has 0 aliphatic rings. The normalized spacial score (nSPS) is 11.5. The number of hydrogen-bond acceptors (Lipinski definition) is 6. The number of ether oxygens (including phenoxy) is 1. The lowest BCUT2D eigenvalue weighted by atomic mass is 10.1. The molecule has 1 heterocycles. The summed E-state index contributed by atoms with van der Waals surface area (Å²) in [4.78, 5) is 18.0. The maximum Gasteiger partial charge on any atom is 0.167 e. The average Bonchev–Trinajstić information content (AvgIpc) is 3.17. The highest BCUT2D eigenvalue weighted by molar-refractivity contribution is 8.00. The van der Waals surface area contributed by atoms with Crippen molar-refractivity contribution < 1.29 is 9.53 Å². The number of nitrogens with zero attached hydrogens (tertiary/aromatic N) is 2. The minimum atomic E-state index is -0.837. The molecule has 1 unspecified atom stereocenters. The number of methoxy groups -OCH3 is 1. The lowest BCUT2D eigenvalue weighted by Gasteiger charge is -2.06. The summed E-state index contributed by atoms with van der Waals surface area (Å²) in [5.74, 6) is -0.0254. The maximum atomic E-state index is 12.5. The summed E-state index contributed by atoms with van der Waals surface area (Å²) >= 11 is 2.75. The van der Waals surface area contributed by atoms with E-state index in [0.717, 1.165) is 21.9 Å². The maximum absolute atomic E-state index is 12.5. The Labute approximate surface area is 160 Å². The van der Waals surface area contributed by atoms with Crippen LogP contribution in [-0.2, 0) is 4.79 Å². The predicted molar refractivity (Wildman–Crippen MR) is 105 cm³/mol. The first-order valence-electron chi connectivity index (χ1n) is 7.91. The molecule has 0 fully saturated rings. The minimum Gasteiger partial charge on any atom is -0.497 e. The zero-order chi connectivity index (χ0) is 18.4. The van der Waals surface area contributed by atoms with Crippen LogP contribution in [0.15, 0.2) is 64.9 Å². The summed E-state index contributed by atoms with van der Waals surface area (Å²) in [5.41, 5.74) is 1.77. The van der Waals surface area contributed by atoms with Crippen LogP contribution in [0.3, 0.4) is 0 Å². The first kappa shape index (κ1) is 18.2. The highest BCUT2D eigenvalue weighted by Gasteiger charge is 2.23. The van der Waals surface area contributed by atoms with E-state index in [-0.39, 0.29) is 11.5 Å². The third-order valence-corrected chi connectivity index (χ3v) is 5.64. The third kappa shape index (κ3) is 4.31. The van der Waals surface area contributed by atoms with Gasteiger partial charge in [0.1, 0.15) is 10.8 Å². The first-order valence-corrected chi connectivity index (χ1v) is 9.78. The Morgan fingerprint density at radius 1 is 1.27 bits per heavy atom. The molecule has 130 valence electrons. The second-order valence-corrected chi connectivity index (χ2v) is 7.37. The van der Waals surface area contributed by atoms with E-state index >= 15 is 0 Å². The van der Waals surface area contributed by atoms with Crippen molar-refractivity contribution in [2.45, 2.75) is 10.8 Å². The molecule has 6 heteroatoms. The smallest absolute Gasteiger partial charge is 0.167 e. The summed E-state index contributed by atoms with van der Waals surface area (Å²) in [7, 11) is 1.60. The van der Waals surface area contributed by atoms with E-state index in [2.05, 4.69) is 11.1 Å². The second kappa shape index (κ2) is 8.65. The van der Waals surface area contributed by atoms with Crippen LogP contribution in [0, 0.1) is 11.3 Å². The highest BCUT2D eigenvalue weighted by atomic mass is 32.2. The number of nitriles is 1. The van der Waals surface area contributed by atoms with Gasteiger partial charge in [-0.3, -0.25) is 4.79 Å². The Morgan fingerprint density at radius 3 is 2.81 bits per heavy atom. The van der Waals surface area contributed by atoms with Crippen LogP contribution in [0.5, 0.6) is 5.75 Å². The molecule has 2 aromatic carbocycles. The quantitative estimate of drug-likeness (QED) is 0.552. The molecule has 3 aromatic rings. The van der Waals surface area contributed by atoms with Crippen molar-refractivity contribution in [3.05, 3.63) is 65.0 Å². The number of carbonyl (C=O) groups is 1. The number of rotatable bonds is 7. The molecule has 0 aliphatic heterocycles. The number of thioether (sulfide) groups is 1. The number of Topliss-reactive ketones (excluding diaryl/α,β-unsaturated/α-hetero) is 1. The number of thiazole rings is 1. The van der Waals surface area contributed by atoms with Crippen molar-refractivity contribution in [2.24, 2.45) is 0 Å². The van der Waals surface area contributed by atoms with E-state index in [0.29, 0.717) is 5.01 Å². The fourth-order valence-electron chi connectivity index (χ4n) is 2.36.